The van der Waals surface area contributed by atoms with Gasteiger partial charge in [-0.2, -0.15) is 4.58 Å². The molecular formula is C29H26F3N6O2S+. The third kappa shape index (κ3) is 5.32. The lowest BCUT2D eigenvalue weighted by Gasteiger charge is -2.29. The zero-order valence-electron chi connectivity index (χ0n) is 22.4. The maximum absolute atomic E-state index is 12.4. The van der Waals surface area contributed by atoms with Crippen molar-refractivity contribution >= 4 is 28.8 Å². The topological polar surface area (TPSA) is 78.8 Å². The molecule has 0 spiro atoms. The van der Waals surface area contributed by atoms with Gasteiger partial charge in [-0.1, -0.05) is 41.5 Å². The first-order valence-corrected chi connectivity index (χ1v) is 13.8. The van der Waals surface area contributed by atoms with Crippen LogP contribution in [-0.2, 0) is 0 Å². The number of hydrogen-bond acceptors (Lipinski definition) is 7. The lowest BCUT2D eigenvalue weighted by molar-refractivity contribution is -0.581. The van der Waals surface area contributed by atoms with E-state index in [1.165, 1.54) is 35.3 Å². The highest BCUT2D eigenvalue weighted by Gasteiger charge is 2.50. The highest BCUT2D eigenvalue weighted by Crippen LogP contribution is 2.44. The van der Waals surface area contributed by atoms with Gasteiger partial charge in [0.2, 0.25) is 5.72 Å². The van der Waals surface area contributed by atoms with E-state index in [-0.39, 0.29) is 11.8 Å². The molecule has 0 saturated heterocycles. The third-order valence-electron chi connectivity index (χ3n) is 6.91. The van der Waals surface area contributed by atoms with E-state index in [4.69, 9.17) is 5.10 Å². The number of ether oxygens (including phenoxy) is 1. The van der Waals surface area contributed by atoms with Gasteiger partial charge in [-0.05, 0) is 67.1 Å². The van der Waals surface area contributed by atoms with Crippen LogP contribution in [0.25, 0.3) is 17.1 Å². The van der Waals surface area contributed by atoms with Gasteiger partial charge in [0.15, 0.2) is 11.9 Å². The SMILES string of the molecule is Cc1ccc2c(c1)[N+]1=C(SCC1(C)O)N(N=Cc1ccc(-c3ncn(-c4ccc(OC(F)(F)F)cc4)n3)cc1)C2C. The molecule has 41 heavy (non-hydrogen) atoms. The maximum Gasteiger partial charge on any atom is 0.573 e. The number of fused-ring (bicyclic) bond motifs is 2. The first kappa shape index (κ1) is 27.0. The summed E-state index contributed by atoms with van der Waals surface area (Å²) in [6.07, 6.45) is -1.46. The molecule has 2 atom stereocenters. The molecule has 2 unspecified atom stereocenters. The van der Waals surface area contributed by atoms with Gasteiger partial charge in [-0.3, -0.25) is 0 Å². The highest BCUT2D eigenvalue weighted by molar-refractivity contribution is 8.13. The molecule has 8 nitrogen and oxygen atoms in total. The summed E-state index contributed by atoms with van der Waals surface area (Å²) in [5, 5.41) is 23.2. The largest absolute Gasteiger partial charge is 0.573 e. The second kappa shape index (κ2) is 10.0. The summed E-state index contributed by atoms with van der Waals surface area (Å²) >= 11 is 1.58. The Hall–Kier alpha value is -4.16. The van der Waals surface area contributed by atoms with E-state index in [9.17, 15) is 18.3 Å². The fraction of sp³-hybridized carbons (Fsp3) is 0.241. The fourth-order valence-corrected chi connectivity index (χ4v) is 6.18. The molecular weight excluding hydrogens is 553 g/mol. The summed E-state index contributed by atoms with van der Waals surface area (Å²) in [5.74, 6) is 0.699. The molecule has 3 heterocycles. The second-order valence-electron chi connectivity index (χ2n) is 10.1. The van der Waals surface area contributed by atoms with E-state index in [1.54, 1.807) is 18.0 Å². The van der Waals surface area contributed by atoms with Gasteiger partial charge < -0.3 is 9.84 Å². The molecule has 3 aromatic carbocycles. The number of hydrazone groups is 1. The molecule has 0 amide bonds. The number of aryl methyl sites for hydroxylation is 1. The molecule has 2 aliphatic heterocycles. The predicted octanol–water partition coefficient (Wildman–Crippen LogP) is 6.01. The summed E-state index contributed by atoms with van der Waals surface area (Å²) < 4.78 is 44.6. The van der Waals surface area contributed by atoms with Crippen molar-refractivity contribution in [3.8, 4) is 22.8 Å². The molecule has 0 radical (unpaired) electrons. The smallest absolute Gasteiger partial charge is 0.406 e. The summed E-state index contributed by atoms with van der Waals surface area (Å²) in [7, 11) is 0. The molecule has 0 bridgehead atoms. The van der Waals surface area contributed by atoms with Crippen molar-refractivity contribution < 1.29 is 27.6 Å². The number of amidine groups is 1. The summed E-state index contributed by atoms with van der Waals surface area (Å²) in [6, 6.07) is 19.3. The Kier molecular flexibility index (Phi) is 6.62. The number of hydrogen-bond donors (Lipinski definition) is 1. The van der Waals surface area contributed by atoms with Crippen LogP contribution in [0, 0.1) is 6.92 Å². The minimum Gasteiger partial charge on any atom is -0.406 e. The second-order valence-corrected chi connectivity index (χ2v) is 11.1. The Morgan fingerprint density at radius 2 is 1.85 bits per heavy atom. The first-order chi connectivity index (χ1) is 19.5. The minimum absolute atomic E-state index is 0.0176. The van der Waals surface area contributed by atoms with Gasteiger partial charge in [0.25, 0.3) is 0 Å². The van der Waals surface area contributed by atoms with Crippen LogP contribution in [0.3, 0.4) is 0 Å². The molecule has 1 N–H and O–H groups in total. The van der Waals surface area contributed by atoms with Crippen molar-refractivity contribution in [1.29, 1.82) is 0 Å². The number of aromatic nitrogens is 3. The van der Waals surface area contributed by atoms with Crippen LogP contribution >= 0.6 is 11.8 Å². The number of benzene rings is 3. The van der Waals surface area contributed by atoms with Crippen molar-refractivity contribution in [3.63, 3.8) is 0 Å². The molecule has 0 fully saturated rings. The van der Waals surface area contributed by atoms with Crippen molar-refractivity contribution in [1.82, 2.24) is 19.8 Å². The van der Waals surface area contributed by atoms with Crippen LogP contribution in [0.1, 0.15) is 36.6 Å². The Labute approximate surface area is 238 Å². The fourth-order valence-electron chi connectivity index (χ4n) is 4.88. The molecule has 6 rings (SSSR count). The molecule has 1 aromatic heterocycles. The van der Waals surface area contributed by atoms with E-state index in [2.05, 4.69) is 39.9 Å². The lowest BCUT2D eigenvalue weighted by atomic mass is 10.0. The number of aliphatic hydroxyl groups is 1. The van der Waals surface area contributed by atoms with E-state index >= 15 is 0 Å². The molecule has 12 heteroatoms. The summed E-state index contributed by atoms with van der Waals surface area (Å²) in [4.78, 5) is 4.34. The quantitative estimate of drug-likeness (QED) is 0.231. The minimum atomic E-state index is -4.75. The van der Waals surface area contributed by atoms with Crippen molar-refractivity contribution in [2.45, 2.75) is 38.9 Å². The Morgan fingerprint density at radius 3 is 2.56 bits per heavy atom. The van der Waals surface area contributed by atoms with E-state index in [0.29, 0.717) is 17.3 Å². The van der Waals surface area contributed by atoms with E-state index in [0.717, 1.165) is 33.1 Å². The Morgan fingerprint density at radius 1 is 1.12 bits per heavy atom. The van der Waals surface area contributed by atoms with E-state index < -0.39 is 12.1 Å². The molecule has 2 aliphatic rings. The van der Waals surface area contributed by atoms with Gasteiger partial charge in [-0.15, -0.1) is 23.3 Å². The van der Waals surface area contributed by atoms with Gasteiger partial charge in [0, 0.05) is 18.1 Å². The predicted molar refractivity (Wildman–Crippen MR) is 151 cm³/mol. The van der Waals surface area contributed by atoms with Crippen LogP contribution in [0.2, 0.25) is 0 Å². The average molecular weight is 580 g/mol. The zero-order chi connectivity index (χ0) is 28.9. The van der Waals surface area contributed by atoms with Gasteiger partial charge in [0.05, 0.1) is 17.7 Å². The standard InChI is InChI=1S/C29H26F3N6O2S/c1-18-4-13-24-19(2)38(27-37(25(24)14-18)28(3,39)16-41-27)34-15-20-5-7-21(8-6-20)26-33-17-36(35-26)22-9-11-23(12-10-22)40-29(30,31)32/h4-15,17,19,39H,16H2,1-3H3/q+1. The summed E-state index contributed by atoms with van der Waals surface area (Å²) in [5.41, 5.74) is 4.41. The van der Waals surface area contributed by atoms with Gasteiger partial charge in [-0.25, -0.2) is 9.67 Å². The van der Waals surface area contributed by atoms with Crippen LogP contribution in [0.15, 0.2) is 78.2 Å². The molecule has 0 aliphatic carbocycles. The molecule has 0 saturated carbocycles. The van der Waals surface area contributed by atoms with Crippen LogP contribution in [0.5, 0.6) is 5.75 Å². The van der Waals surface area contributed by atoms with E-state index in [1.807, 2.05) is 47.7 Å². The third-order valence-corrected chi connectivity index (χ3v) is 8.23. The summed E-state index contributed by atoms with van der Waals surface area (Å²) in [6.45, 7) is 5.97. The lowest BCUT2D eigenvalue weighted by Crippen LogP contribution is -2.43. The van der Waals surface area contributed by atoms with Crippen LogP contribution in [0.4, 0.5) is 18.9 Å². The number of alkyl halides is 3. The van der Waals surface area contributed by atoms with Crippen molar-refractivity contribution in [2.24, 2.45) is 5.10 Å². The average Bonchev–Trinajstić information content (AvgIpc) is 3.53. The zero-order valence-corrected chi connectivity index (χ0v) is 23.2. The number of nitrogens with zero attached hydrogens (tertiary/aromatic N) is 6. The maximum atomic E-state index is 12.4. The Balaban J connectivity index is 1.20. The highest BCUT2D eigenvalue weighted by atomic mass is 32.2. The van der Waals surface area contributed by atoms with Crippen molar-refractivity contribution in [2.75, 3.05) is 5.75 Å². The molecule has 4 aromatic rings. The number of thioether (sulfide) groups is 1. The van der Waals surface area contributed by atoms with Crippen LogP contribution in [-0.4, -0.2) is 58.7 Å². The number of rotatable bonds is 5. The van der Waals surface area contributed by atoms with Crippen LogP contribution < -0.4 is 4.74 Å². The number of halogens is 3. The van der Waals surface area contributed by atoms with Gasteiger partial charge >= 0.3 is 11.5 Å². The van der Waals surface area contributed by atoms with Gasteiger partial charge in [0.1, 0.15) is 17.8 Å². The monoisotopic (exact) mass is 579 g/mol. The Bertz CT molecular complexity index is 1660. The first-order valence-electron chi connectivity index (χ1n) is 12.8. The molecule has 210 valence electrons. The normalized spacial score (nSPS) is 20.5. The van der Waals surface area contributed by atoms with Crippen molar-refractivity contribution in [3.05, 3.63) is 89.7 Å².